The number of aryl methyl sites for hydroxylation is 1. The van der Waals surface area contributed by atoms with Crippen LogP contribution in [0.5, 0.6) is 0 Å². The zero-order valence-electron chi connectivity index (χ0n) is 9.35. The van der Waals surface area contributed by atoms with E-state index in [0.717, 1.165) is 0 Å². The van der Waals surface area contributed by atoms with Gasteiger partial charge in [0, 0.05) is 7.05 Å². The summed E-state index contributed by atoms with van der Waals surface area (Å²) in [6, 6.07) is 7.01. The molecule has 88 valence electrons. The van der Waals surface area contributed by atoms with E-state index < -0.39 is 5.63 Å². The Morgan fingerprint density at radius 1 is 1.29 bits per heavy atom. The zero-order chi connectivity index (χ0) is 12.4. The van der Waals surface area contributed by atoms with Crippen LogP contribution >= 0.6 is 11.6 Å². The Balaban J connectivity index is 2.39. The third-order valence-electron chi connectivity index (χ3n) is 2.34. The van der Waals surface area contributed by atoms with Gasteiger partial charge in [-0.15, -0.1) is 10.2 Å². The molecule has 0 saturated heterocycles. The molecule has 2 aromatic rings. The summed E-state index contributed by atoms with van der Waals surface area (Å²) in [7, 11) is 1.63. The number of hydrogen-bond donors (Lipinski definition) is 0. The third kappa shape index (κ3) is 2.29. The highest BCUT2D eigenvalue weighted by atomic mass is 35.5. The van der Waals surface area contributed by atoms with Crippen molar-refractivity contribution in [1.29, 1.82) is 0 Å². The summed E-state index contributed by atoms with van der Waals surface area (Å²) in [6.45, 7) is 1.73. The van der Waals surface area contributed by atoms with Crippen molar-refractivity contribution < 1.29 is 4.52 Å². The van der Waals surface area contributed by atoms with E-state index in [0.29, 0.717) is 16.4 Å². The minimum Gasteiger partial charge on any atom is -0.334 e. The first-order chi connectivity index (χ1) is 8.09. The molecule has 5 nitrogen and oxygen atoms in total. The quantitative estimate of drug-likeness (QED) is 0.769. The number of azo groups is 1. The highest BCUT2D eigenvalue weighted by Gasteiger charge is 2.10. The van der Waals surface area contributed by atoms with Crippen LogP contribution in [-0.2, 0) is 7.05 Å². The average molecular weight is 252 g/mol. The standard InChI is InChI=1S/C11H10ClN3O2/c1-7-10(11(16)17-15(7)2)14-13-9-6-4-3-5-8(9)12/h3-6H,1-2H3. The van der Waals surface area contributed by atoms with E-state index >= 15 is 0 Å². The fourth-order valence-electron chi connectivity index (χ4n) is 1.28. The summed E-state index contributed by atoms with van der Waals surface area (Å²) in [5, 5.41) is 8.28. The van der Waals surface area contributed by atoms with Crippen LogP contribution in [0.15, 0.2) is 43.8 Å². The van der Waals surface area contributed by atoms with E-state index in [9.17, 15) is 4.79 Å². The Hall–Kier alpha value is -1.88. The molecule has 2 rings (SSSR count). The lowest BCUT2D eigenvalue weighted by molar-refractivity contribution is 0.280. The van der Waals surface area contributed by atoms with Gasteiger partial charge >= 0.3 is 5.63 Å². The lowest BCUT2D eigenvalue weighted by Gasteiger charge is -1.94. The lowest BCUT2D eigenvalue weighted by Crippen LogP contribution is -1.91. The molecular weight excluding hydrogens is 242 g/mol. The van der Waals surface area contributed by atoms with Crippen molar-refractivity contribution in [3.05, 3.63) is 45.4 Å². The summed E-state index contributed by atoms with van der Waals surface area (Å²) in [6.07, 6.45) is 0. The minimum atomic E-state index is -0.513. The molecule has 0 aliphatic rings. The molecule has 6 heteroatoms. The first-order valence-corrected chi connectivity index (χ1v) is 5.30. The molecule has 0 fully saturated rings. The van der Waals surface area contributed by atoms with Crippen LogP contribution in [0.25, 0.3) is 0 Å². The van der Waals surface area contributed by atoms with Gasteiger partial charge in [-0.2, -0.15) is 0 Å². The molecule has 0 saturated carbocycles. The highest BCUT2D eigenvalue weighted by molar-refractivity contribution is 6.32. The van der Waals surface area contributed by atoms with Crippen molar-refractivity contribution in [1.82, 2.24) is 4.74 Å². The Morgan fingerprint density at radius 2 is 2.00 bits per heavy atom. The monoisotopic (exact) mass is 251 g/mol. The molecule has 1 heterocycles. The first-order valence-electron chi connectivity index (χ1n) is 4.93. The van der Waals surface area contributed by atoms with Crippen LogP contribution < -0.4 is 5.63 Å². The van der Waals surface area contributed by atoms with Gasteiger partial charge in [0.2, 0.25) is 0 Å². The second kappa shape index (κ2) is 4.55. The Labute approximate surface area is 102 Å². The number of nitrogens with zero attached hydrogens (tertiary/aromatic N) is 3. The molecular formula is C11H10ClN3O2. The fourth-order valence-corrected chi connectivity index (χ4v) is 1.46. The van der Waals surface area contributed by atoms with Gasteiger partial charge in [-0.3, -0.25) is 0 Å². The van der Waals surface area contributed by atoms with Crippen LogP contribution in [0.4, 0.5) is 11.4 Å². The SMILES string of the molecule is Cc1c(N=Nc2ccccc2Cl)c(=O)on1C. The lowest BCUT2D eigenvalue weighted by atomic mass is 10.3. The summed E-state index contributed by atoms with van der Waals surface area (Å²) in [5.41, 5.74) is 0.802. The maximum atomic E-state index is 11.4. The fraction of sp³-hybridized carbons (Fsp3) is 0.182. The van der Waals surface area contributed by atoms with Crippen LogP contribution in [0, 0.1) is 6.92 Å². The maximum Gasteiger partial charge on any atom is 0.385 e. The Bertz CT molecular complexity index is 628. The van der Waals surface area contributed by atoms with Crippen molar-refractivity contribution in [2.24, 2.45) is 17.3 Å². The summed E-state index contributed by atoms with van der Waals surface area (Å²) in [5.74, 6) is 0. The molecule has 1 aromatic heterocycles. The predicted octanol–water partition coefficient (Wildman–Crippen LogP) is 3.36. The Morgan fingerprint density at radius 3 is 2.59 bits per heavy atom. The largest absolute Gasteiger partial charge is 0.385 e. The van der Waals surface area contributed by atoms with E-state index in [1.165, 1.54) is 4.74 Å². The summed E-state index contributed by atoms with van der Waals surface area (Å²) < 4.78 is 6.19. The number of aromatic nitrogens is 1. The molecule has 0 amide bonds. The third-order valence-corrected chi connectivity index (χ3v) is 2.66. The zero-order valence-corrected chi connectivity index (χ0v) is 10.1. The summed E-state index contributed by atoms with van der Waals surface area (Å²) >= 11 is 5.91. The smallest absolute Gasteiger partial charge is 0.334 e. The second-order valence-electron chi connectivity index (χ2n) is 3.46. The van der Waals surface area contributed by atoms with E-state index in [2.05, 4.69) is 10.2 Å². The summed E-state index contributed by atoms with van der Waals surface area (Å²) in [4.78, 5) is 11.4. The number of rotatable bonds is 2. The average Bonchev–Trinajstić information content (AvgIpc) is 2.53. The maximum absolute atomic E-state index is 11.4. The van der Waals surface area contributed by atoms with Crippen molar-refractivity contribution >= 4 is 23.0 Å². The van der Waals surface area contributed by atoms with E-state index in [4.69, 9.17) is 16.1 Å². The van der Waals surface area contributed by atoms with Gasteiger partial charge in [0.15, 0.2) is 5.69 Å². The minimum absolute atomic E-state index is 0.187. The molecule has 0 spiro atoms. The number of benzene rings is 1. The molecule has 0 radical (unpaired) electrons. The molecule has 0 N–H and O–H groups in total. The van der Waals surface area contributed by atoms with Gasteiger partial charge in [0.25, 0.3) is 0 Å². The van der Waals surface area contributed by atoms with Crippen LogP contribution in [0.3, 0.4) is 0 Å². The van der Waals surface area contributed by atoms with E-state index in [-0.39, 0.29) is 5.69 Å². The molecule has 0 aliphatic heterocycles. The van der Waals surface area contributed by atoms with Crippen molar-refractivity contribution in [2.45, 2.75) is 6.92 Å². The number of hydrogen-bond acceptors (Lipinski definition) is 4. The molecule has 0 unspecified atom stereocenters. The van der Waals surface area contributed by atoms with Crippen LogP contribution in [0.1, 0.15) is 5.69 Å². The van der Waals surface area contributed by atoms with Gasteiger partial charge in [-0.1, -0.05) is 23.7 Å². The topological polar surface area (TPSA) is 59.9 Å². The normalized spacial score (nSPS) is 11.2. The van der Waals surface area contributed by atoms with Gasteiger partial charge in [-0.05, 0) is 19.1 Å². The van der Waals surface area contributed by atoms with Crippen molar-refractivity contribution in [2.75, 3.05) is 0 Å². The molecule has 0 bridgehead atoms. The van der Waals surface area contributed by atoms with Crippen LogP contribution in [-0.4, -0.2) is 4.74 Å². The molecule has 17 heavy (non-hydrogen) atoms. The van der Waals surface area contributed by atoms with Crippen molar-refractivity contribution in [3.8, 4) is 0 Å². The molecule has 1 aromatic carbocycles. The van der Waals surface area contributed by atoms with Crippen molar-refractivity contribution in [3.63, 3.8) is 0 Å². The number of halogens is 1. The Kier molecular flexibility index (Phi) is 3.10. The van der Waals surface area contributed by atoms with Gasteiger partial charge in [0.05, 0.1) is 10.7 Å². The second-order valence-corrected chi connectivity index (χ2v) is 3.87. The highest BCUT2D eigenvalue weighted by Crippen LogP contribution is 2.25. The first kappa shape index (κ1) is 11.6. The van der Waals surface area contributed by atoms with Gasteiger partial charge in [-0.25, -0.2) is 9.53 Å². The van der Waals surface area contributed by atoms with Gasteiger partial charge < -0.3 is 4.52 Å². The molecule has 0 atom stereocenters. The van der Waals surface area contributed by atoms with E-state index in [1.807, 2.05) is 0 Å². The van der Waals surface area contributed by atoms with E-state index in [1.54, 1.807) is 38.2 Å². The van der Waals surface area contributed by atoms with Gasteiger partial charge in [0.1, 0.15) is 5.69 Å². The molecule has 0 aliphatic carbocycles. The predicted molar refractivity (Wildman–Crippen MR) is 64.3 cm³/mol. The van der Waals surface area contributed by atoms with Crippen LogP contribution in [0.2, 0.25) is 5.02 Å².